The Labute approximate surface area is 125 Å². The van der Waals surface area contributed by atoms with Gasteiger partial charge in [-0.05, 0) is 31.7 Å². The highest BCUT2D eigenvalue weighted by Gasteiger charge is 2.24. The Balaban J connectivity index is 2.31. The Bertz CT molecular complexity index is 478. The molecule has 1 heterocycles. The van der Waals surface area contributed by atoms with Crippen LogP contribution in [0.15, 0.2) is 18.2 Å². The quantitative estimate of drug-likeness (QED) is 0.869. The Hall–Kier alpha value is -0.840. The number of benzene rings is 1. The molecule has 104 valence electrons. The first-order valence-electron chi connectivity index (χ1n) is 6.57. The molecule has 1 aliphatic rings. The average Bonchev–Trinajstić information content (AvgIpc) is 2.38. The molecule has 1 aromatic rings. The summed E-state index contributed by atoms with van der Waals surface area (Å²) in [5.41, 5.74) is 7.79. The number of anilines is 1. The largest absolute Gasteiger partial charge is 0.389 e. The normalized spacial score (nSPS) is 20.6. The van der Waals surface area contributed by atoms with Gasteiger partial charge in [0, 0.05) is 41.9 Å². The molecule has 1 aliphatic heterocycles. The lowest BCUT2D eigenvalue weighted by molar-refractivity contribution is 0.213. The molecule has 0 bridgehead atoms. The molecule has 3 nitrogen and oxygen atoms in total. The average molecular weight is 298 g/mol. The molecule has 0 amide bonds. The lowest BCUT2D eigenvalue weighted by Gasteiger charge is -2.41. The second-order valence-electron chi connectivity index (χ2n) is 5.01. The lowest BCUT2D eigenvalue weighted by atomic mass is 10.1. The van der Waals surface area contributed by atoms with Gasteiger partial charge in [-0.15, -0.1) is 0 Å². The van der Waals surface area contributed by atoms with Crippen LogP contribution in [-0.2, 0) is 0 Å². The first kappa shape index (κ1) is 14.6. The van der Waals surface area contributed by atoms with E-state index >= 15 is 0 Å². The van der Waals surface area contributed by atoms with Crippen LogP contribution in [0.25, 0.3) is 0 Å². The van der Waals surface area contributed by atoms with Gasteiger partial charge in [-0.3, -0.25) is 4.90 Å². The minimum absolute atomic E-state index is 0.429. The van der Waals surface area contributed by atoms with E-state index in [-0.39, 0.29) is 0 Å². The Morgan fingerprint density at radius 1 is 1.47 bits per heavy atom. The lowest BCUT2D eigenvalue weighted by Crippen LogP contribution is -2.51. The summed E-state index contributed by atoms with van der Waals surface area (Å²) >= 11 is 11.3. The smallest absolute Gasteiger partial charge is 0.106 e. The summed E-state index contributed by atoms with van der Waals surface area (Å²) in [5.74, 6) is 0. The van der Waals surface area contributed by atoms with Gasteiger partial charge < -0.3 is 10.6 Å². The fourth-order valence-corrected chi connectivity index (χ4v) is 2.92. The molecule has 0 spiro atoms. The van der Waals surface area contributed by atoms with E-state index in [9.17, 15) is 0 Å². The number of nitrogens with zero attached hydrogens (tertiary/aromatic N) is 2. The molecular weight excluding hydrogens is 278 g/mol. The molecule has 1 aromatic carbocycles. The fraction of sp³-hybridized carbons (Fsp3) is 0.500. The molecule has 19 heavy (non-hydrogen) atoms. The van der Waals surface area contributed by atoms with Gasteiger partial charge >= 0.3 is 0 Å². The highest BCUT2D eigenvalue weighted by Crippen LogP contribution is 2.27. The van der Waals surface area contributed by atoms with Crippen molar-refractivity contribution < 1.29 is 0 Å². The number of hydrogen-bond donors (Lipinski definition) is 1. The molecule has 2 rings (SSSR count). The summed E-state index contributed by atoms with van der Waals surface area (Å²) in [4.78, 5) is 5.18. The Kier molecular flexibility index (Phi) is 4.66. The van der Waals surface area contributed by atoms with Crippen molar-refractivity contribution in [3.05, 3.63) is 28.8 Å². The number of thiocarbonyl (C=S) groups is 1. The number of nitrogens with two attached hydrogens (primary N) is 1. The predicted octanol–water partition coefficient (Wildman–Crippen LogP) is 2.50. The molecule has 0 saturated carbocycles. The molecule has 0 aromatic heterocycles. The van der Waals surface area contributed by atoms with Crippen LogP contribution in [0.3, 0.4) is 0 Å². The maximum Gasteiger partial charge on any atom is 0.106 e. The van der Waals surface area contributed by atoms with E-state index in [0.29, 0.717) is 11.0 Å². The summed E-state index contributed by atoms with van der Waals surface area (Å²) < 4.78 is 0. The second kappa shape index (κ2) is 6.07. The number of hydrogen-bond acceptors (Lipinski definition) is 3. The monoisotopic (exact) mass is 297 g/mol. The topological polar surface area (TPSA) is 32.5 Å². The van der Waals surface area contributed by atoms with Crippen LogP contribution in [0, 0.1) is 0 Å². The third-order valence-electron chi connectivity index (χ3n) is 3.81. The van der Waals surface area contributed by atoms with Crippen LogP contribution < -0.4 is 10.6 Å². The van der Waals surface area contributed by atoms with Crippen molar-refractivity contribution in [3.8, 4) is 0 Å². The maximum absolute atomic E-state index is 6.12. The molecule has 1 fully saturated rings. The Morgan fingerprint density at radius 2 is 2.21 bits per heavy atom. The first-order valence-corrected chi connectivity index (χ1v) is 7.36. The van der Waals surface area contributed by atoms with Gasteiger partial charge in [0.2, 0.25) is 0 Å². The van der Waals surface area contributed by atoms with E-state index in [2.05, 4.69) is 23.8 Å². The van der Waals surface area contributed by atoms with E-state index in [1.54, 1.807) is 0 Å². The first-order chi connectivity index (χ1) is 9.02. The van der Waals surface area contributed by atoms with Crippen LogP contribution >= 0.6 is 23.8 Å². The van der Waals surface area contributed by atoms with Gasteiger partial charge in [-0.2, -0.15) is 0 Å². The van der Waals surface area contributed by atoms with Crippen molar-refractivity contribution in [2.24, 2.45) is 5.73 Å². The van der Waals surface area contributed by atoms with Gasteiger partial charge in [-0.1, -0.05) is 30.7 Å². The van der Waals surface area contributed by atoms with E-state index in [4.69, 9.17) is 29.6 Å². The van der Waals surface area contributed by atoms with E-state index in [0.717, 1.165) is 42.3 Å². The molecular formula is C14H20ClN3S. The summed E-state index contributed by atoms with van der Waals surface area (Å²) in [7, 11) is 2.18. The number of likely N-dealkylation sites (N-methyl/N-ethyl adjacent to an activating group) is 1. The molecule has 0 radical (unpaired) electrons. The van der Waals surface area contributed by atoms with Crippen LogP contribution in [0.5, 0.6) is 0 Å². The molecule has 1 unspecified atom stereocenters. The summed E-state index contributed by atoms with van der Waals surface area (Å²) in [5, 5.41) is 0.724. The summed E-state index contributed by atoms with van der Waals surface area (Å²) in [6.45, 7) is 5.23. The standard InChI is InChI=1S/C14H20ClN3S/c1-3-11-9-18(7-6-17(11)2)13-8-10(15)4-5-12(13)14(16)19/h4-5,8,11H,3,6-7,9H2,1-2H3,(H2,16,19). The third-order valence-corrected chi connectivity index (χ3v) is 4.27. The maximum atomic E-state index is 6.12. The van der Waals surface area contributed by atoms with Crippen molar-refractivity contribution >= 4 is 34.5 Å². The minimum atomic E-state index is 0.429. The molecule has 1 atom stereocenters. The highest BCUT2D eigenvalue weighted by atomic mass is 35.5. The zero-order valence-electron chi connectivity index (χ0n) is 11.4. The van der Waals surface area contributed by atoms with Gasteiger partial charge in [0.25, 0.3) is 0 Å². The summed E-state index contributed by atoms with van der Waals surface area (Å²) in [6.07, 6.45) is 1.13. The predicted molar refractivity (Wildman–Crippen MR) is 86.3 cm³/mol. The van der Waals surface area contributed by atoms with Crippen molar-refractivity contribution in [2.45, 2.75) is 19.4 Å². The van der Waals surface area contributed by atoms with Crippen LogP contribution in [0.2, 0.25) is 5.02 Å². The van der Waals surface area contributed by atoms with Gasteiger partial charge in [0.15, 0.2) is 0 Å². The van der Waals surface area contributed by atoms with Crippen LogP contribution in [0.4, 0.5) is 5.69 Å². The molecule has 1 saturated heterocycles. The summed E-state index contributed by atoms with van der Waals surface area (Å²) in [6, 6.07) is 6.28. The molecule has 5 heteroatoms. The van der Waals surface area contributed by atoms with Crippen LogP contribution in [0.1, 0.15) is 18.9 Å². The van der Waals surface area contributed by atoms with E-state index in [1.165, 1.54) is 0 Å². The van der Waals surface area contributed by atoms with Crippen molar-refractivity contribution in [1.82, 2.24) is 4.90 Å². The van der Waals surface area contributed by atoms with Crippen molar-refractivity contribution in [1.29, 1.82) is 0 Å². The van der Waals surface area contributed by atoms with E-state index in [1.807, 2.05) is 18.2 Å². The number of piperazine rings is 1. The number of halogens is 1. The zero-order chi connectivity index (χ0) is 14.0. The third kappa shape index (κ3) is 3.19. The molecule has 0 aliphatic carbocycles. The van der Waals surface area contributed by atoms with Crippen LogP contribution in [-0.4, -0.2) is 42.6 Å². The van der Waals surface area contributed by atoms with Gasteiger partial charge in [0.05, 0.1) is 0 Å². The minimum Gasteiger partial charge on any atom is -0.389 e. The highest BCUT2D eigenvalue weighted by molar-refractivity contribution is 7.80. The number of rotatable bonds is 3. The zero-order valence-corrected chi connectivity index (χ0v) is 13.0. The van der Waals surface area contributed by atoms with Crippen molar-refractivity contribution in [3.63, 3.8) is 0 Å². The Morgan fingerprint density at radius 3 is 2.84 bits per heavy atom. The van der Waals surface area contributed by atoms with E-state index < -0.39 is 0 Å². The fourth-order valence-electron chi connectivity index (χ4n) is 2.58. The van der Waals surface area contributed by atoms with Crippen molar-refractivity contribution in [2.75, 3.05) is 31.6 Å². The second-order valence-corrected chi connectivity index (χ2v) is 5.89. The molecule has 2 N–H and O–H groups in total. The SMILES string of the molecule is CCC1CN(c2cc(Cl)ccc2C(N)=S)CCN1C. The van der Waals surface area contributed by atoms with Gasteiger partial charge in [-0.25, -0.2) is 0 Å². The van der Waals surface area contributed by atoms with Gasteiger partial charge in [0.1, 0.15) is 4.99 Å².